The number of benzene rings is 1. The number of nitrogens with one attached hydrogen (secondary N) is 1. The third-order valence-electron chi connectivity index (χ3n) is 1.79. The van der Waals surface area contributed by atoms with E-state index in [1.165, 1.54) is 20.2 Å². The number of aliphatic imine (C=N–C) groups is 1. The van der Waals surface area contributed by atoms with Crippen LogP contribution in [0.5, 0.6) is 5.75 Å². The Hall–Kier alpha value is -1.62. The maximum absolute atomic E-state index is 13.4. The molecule has 0 fully saturated rings. The number of amidine groups is 1. The van der Waals surface area contributed by atoms with E-state index in [9.17, 15) is 4.39 Å². The monoisotopic (exact) mass is 197 g/mol. The van der Waals surface area contributed by atoms with E-state index in [1.807, 2.05) is 0 Å². The molecule has 1 rings (SSSR count). The predicted octanol–water partition coefficient (Wildman–Crippen LogP) is 0.674. The van der Waals surface area contributed by atoms with E-state index in [0.717, 1.165) is 0 Å². The number of halogens is 1. The van der Waals surface area contributed by atoms with Crippen molar-refractivity contribution in [1.82, 2.24) is 5.43 Å². The SMILES string of the molecule is CN=C(NN)c1ccc(OC)cc1F. The van der Waals surface area contributed by atoms with Crippen LogP contribution >= 0.6 is 0 Å². The quantitative estimate of drug-likeness (QED) is 0.317. The Bertz CT molecular complexity index is 352. The number of nitrogens with zero attached hydrogens (tertiary/aromatic N) is 1. The largest absolute Gasteiger partial charge is 0.497 e. The van der Waals surface area contributed by atoms with Crippen LogP contribution in [0.15, 0.2) is 23.2 Å². The highest BCUT2D eigenvalue weighted by molar-refractivity contribution is 5.98. The van der Waals surface area contributed by atoms with Crippen molar-refractivity contribution in [3.8, 4) is 5.75 Å². The van der Waals surface area contributed by atoms with E-state index in [-0.39, 0.29) is 0 Å². The van der Waals surface area contributed by atoms with Crippen LogP contribution in [0.25, 0.3) is 0 Å². The molecule has 0 bridgehead atoms. The average molecular weight is 197 g/mol. The molecule has 1 aromatic carbocycles. The minimum absolute atomic E-state index is 0.296. The predicted molar refractivity (Wildman–Crippen MR) is 52.7 cm³/mol. The lowest BCUT2D eigenvalue weighted by Crippen LogP contribution is -2.31. The summed E-state index contributed by atoms with van der Waals surface area (Å²) in [7, 11) is 3.00. The minimum atomic E-state index is -0.428. The van der Waals surface area contributed by atoms with Gasteiger partial charge in [0.1, 0.15) is 17.4 Å². The lowest BCUT2D eigenvalue weighted by molar-refractivity contribution is 0.411. The van der Waals surface area contributed by atoms with E-state index >= 15 is 0 Å². The summed E-state index contributed by atoms with van der Waals surface area (Å²) in [4.78, 5) is 3.79. The fourth-order valence-corrected chi connectivity index (χ4v) is 1.08. The summed E-state index contributed by atoms with van der Waals surface area (Å²) >= 11 is 0. The van der Waals surface area contributed by atoms with Gasteiger partial charge in [-0.15, -0.1) is 0 Å². The maximum Gasteiger partial charge on any atom is 0.145 e. The molecule has 0 saturated carbocycles. The molecular formula is C9H12FN3O. The van der Waals surface area contributed by atoms with Crippen molar-refractivity contribution in [2.45, 2.75) is 0 Å². The summed E-state index contributed by atoms with van der Waals surface area (Å²) in [5.74, 6) is 5.50. The molecule has 0 aliphatic heterocycles. The number of ether oxygens (including phenoxy) is 1. The van der Waals surface area contributed by atoms with Gasteiger partial charge in [-0.3, -0.25) is 4.99 Å². The molecule has 14 heavy (non-hydrogen) atoms. The Morgan fingerprint density at radius 2 is 2.29 bits per heavy atom. The van der Waals surface area contributed by atoms with Crippen LogP contribution in [0.1, 0.15) is 5.56 Å². The molecule has 0 amide bonds. The number of hydrogen-bond acceptors (Lipinski definition) is 3. The van der Waals surface area contributed by atoms with Crippen LogP contribution in [0.4, 0.5) is 4.39 Å². The van der Waals surface area contributed by atoms with Crippen molar-refractivity contribution in [2.75, 3.05) is 14.2 Å². The maximum atomic E-state index is 13.4. The Morgan fingerprint density at radius 1 is 1.57 bits per heavy atom. The molecule has 0 unspecified atom stereocenters. The van der Waals surface area contributed by atoms with Gasteiger partial charge in [-0.1, -0.05) is 0 Å². The fourth-order valence-electron chi connectivity index (χ4n) is 1.08. The van der Waals surface area contributed by atoms with Crippen LogP contribution in [0.2, 0.25) is 0 Å². The topological polar surface area (TPSA) is 59.6 Å². The Kier molecular flexibility index (Phi) is 3.41. The molecule has 0 aromatic heterocycles. The number of hydrogen-bond donors (Lipinski definition) is 2. The first-order valence-electron chi connectivity index (χ1n) is 4.00. The first-order valence-corrected chi connectivity index (χ1v) is 4.00. The molecule has 1 aromatic rings. The standard InChI is InChI=1S/C9H12FN3O/c1-12-9(13-11)7-4-3-6(14-2)5-8(7)10/h3-5H,11H2,1-2H3,(H,12,13). The van der Waals surface area contributed by atoms with E-state index in [4.69, 9.17) is 10.6 Å². The van der Waals surface area contributed by atoms with Gasteiger partial charge < -0.3 is 10.2 Å². The molecule has 5 heteroatoms. The normalized spacial score (nSPS) is 11.3. The summed E-state index contributed by atoms with van der Waals surface area (Å²) in [6, 6.07) is 4.47. The van der Waals surface area contributed by atoms with Crippen LogP contribution in [0, 0.1) is 5.82 Å². The van der Waals surface area contributed by atoms with Gasteiger partial charge in [0.05, 0.1) is 12.7 Å². The highest BCUT2D eigenvalue weighted by atomic mass is 19.1. The molecule has 0 spiro atoms. The van der Waals surface area contributed by atoms with Crippen molar-refractivity contribution >= 4 is 5.84 Å². The molecule has 0 heterocycles. The Labute approximate surface area is 81.6 Å². The van der Waals surface area contributed by atoms with E-state index in [2.05, 4.69) is 10.4 Å². The van der Waals surface area contributed by atoms with Gasteiger partial charge in [0, 0.05) is 13.1 Å². The van der Waals surface area contributed by atoms with Crippen LogP contribution in [0.3, 0.4) is 0 Å². The van der Waals surface area contributed by atoms with Crippen molar-refractivity contribution < 1.29 is 9.13 Å². The lowest BCUT2D eigenvalue weighted by Gasteiger charge is -2.07. The summed E-state index contributed by atoms with van der Waals surface area (Å²) in [6.07, 6.45) is 0. The lowest BCUT2D eigenvalue weighted by atomic mass is 10.2. The van der Waals surface area contributed by atoms with Gasteiger partial charge in [0.2, 0.25) is 0 Å². The third-order valence-corrected chi connectivity index (χ3v) is 1.79. The number of methoxy groups -OCH3 is 1. The fraction of sp³-hybridized carbons (Fsp3) is 0.222. The minimum Gasteiger partial charge on any atom is -0.497 e. The molecule has 0 radical (unpaired) electrons. The molecule has 0 aliphatic rings. The zero-order chi connectivity index (χ0) is 10.6. The molecule has 0 aliphatic carbocycles. The second-order valence-electron chi connectivity index (χ2n) is 2.56. The number of nitrogens with two attached hydrogens (primary N) is 1. The summed E-state index contributed by atoms with van der Waals surface area (Å²) in [5.41, 5.74) is 2.63. The van der Waals surface area contributed by atoms with Crippen molar-refractivity contribution in [1.29, 1.82) is 0 Å². The average Bonchev–Trinajstić information content (AvgIpc) is 2.22. The van der Waals surface area contributed by atoms with Gasteiger partial charge >= 0.3 is 0 Å². The molecule has 0 atom stereocenters. The Balaban J connectivity index is 3.11. The molecule has 3 N–H and O–H groups in total. The van der Waals surface area contributed by atoms with Gasteiger partial charge in [-0.25, -0.2) is 10.2 Å². The van der Waals surface area contributed by atoms with Crippen molar-refractivity contribution in [2.24, 2.45) is 10.8 Å². The summed E-state index contributed by atoms with van der Waals surface area (Å²) < 4.78 is 18.3. The zero-order valence-corrected chi connectivity index (χ0v) is 8.04. The van der Waals surface area contributed by atoms with Gasteiger partial charge in [-0.05, 0) is 12.1 Å². The smallest absolute Gasteiger partial charge is 0.145 e. The molecular weight excluding hydrogens is 185 g/mol. The van der Waals surface area contributed by atoms with E-state index in [0.29, 0.717) is 17.1 Å². The van der Waals surface area contributed by atoms with E-state index in [1.54, 1.807) is 12.1 Å². The first-order chi connectivity index (χ1) is 6.72. The zero-order valence-electron chi connectivity index (χ0n) is 8.04. The second-order valence-corrected chi connectivity index (χ2v) is 2.56. The van der Waals surface area contributed by atoms with Gasteiger partial charge in [0.15, 0.2) is 0 Å². The van der Waals surface area contributed by atoms with Crippen LogP contribution in [-0.4, -0.2) is 20.0 Å². The highest BCUT2D eigenvalue weighted by Gasteiger charge is 2.08. The third kappa shape index (κ3) is 2.00. The highest BCUT2D eigenvalue weighted by Crippen LogP contribution is 2.16. The summed E-state index contributed by atoms with van der Waals surface area (Å²) in [5, 5.41) is 0. The molecule has 76 valence electrons. The van der Waals surface area contributed by atoms with Crippen molar-refractivity contribution in [3.05, 3.63) is 29.6 Å². The first kappa shape index (κ1) is 10.5. The van der Waals surface area contributed by atoms with Crippen LogP contribution < -0.4 is 16.0 Å². The van der Waals surface area contributed by atoms with Crippen molar-refractivity contribution in [3.63, 3.8) is 0 Å². The molecule has 4 nitrogen and oxygen atoms in total. The Morgan fingerprint density at radius 3 is 2.71 bits per heavy atom. The number of hydrazine groups is 1. The van der Waals surface area contributed by atoms with E-state index < -0.39 is 5.82 Å². The second kappa shape index (κ2) is 4.57. The van der Waals surface area contributed by atoms with Gasteiger partial charge in [-0.2, -0.15) is 0 Å². The van der Waals surface area contributed by atoms with Gasteiger partial charge in [0.25, 0.3) is 0 Å². The number of rotatable bonds is 2. The molecule has 0 saturated heterocycles. The van der Waals surface area contributed by atoms with Crippen LogP contribution in [-0.2, 0) is 0 Å². The summed E-state index contributed by atoms with van der Waals surface area (Å²) in [6.45, 7) is 0.